The lowest BCUT2D eigenvalue weighted by Crippen LogP contribution is -2.51. The number of rotatable bonds is 10. The summed E-state index contributed by atoms with van der Waals surface area (Å²) in [6.45, 7) is 5.17. The predicted octanol–water partition coefficient (Wildman–Crippen LogP) is 2.04. The highest BCUT2D eigenvalue weighted by Crippen LogP contribution is 2.25. The van der Waals surface area contributed by atoms with Gasteiger partial charge in [0.2, 0.25) is 5.91 Å². The van der Waals surface area contributed by atoms with Crippen molar-refractivity contribution in [2.45, 2.75) is 19.1 Å². The molecule has 2 heterocycles. The summed E-state index contributed by atoms with van der Waals surface area (Å²) in [4.78, 5) is 32.6. The number of aliphatic hydroxyl groups is 1. The molecule has 9 nitrogen and oxygen atoms in total. The van der Waals surface area contributed by atoms with Crippen LogP contribution in [0.5, 0.6) is 5.75 Å². The Morgan fingerprint density at radius 2 is 1.83 bits per heavy atom. The van der Waals surface area contributed by atoms with Crippen molar-refractivity contribution in [1.29, 1.82) is 0 Å². The summed E-state index contributed by atoms with van der Waals surface area (Å²) >= 11 is 1.63. The highest BCUT2D eigenvalue weighted by Gasteiger charge is 2.25. The van der Waals surface area contributed by atoms with Crippen molar-refractivity contribution < 1.29 is 28.9 Å². The van der Waals surface area contributed by atoms with Crippen molar-refractivity contribution in [3.63, 3.8) is 0 Å². The molecule has 1 aliphatic heterocycles. The molecule has 2 atom stereocenters. The highest BCUT2D eigenvalue weighted by atomic mass is 32.1. The Morgan fingerprint density at radius 3 is 2.53 bits per heavy atom. The first-order chi connectivity index (χ1) is 17.3. The number of aliphatic carboxylic acids is 1. The first-order valence-electron chi connectivity index (χ1n) is 11.7. The molecule has 1 amide bonds. The number of piperazine rings is 1. The number of carboxylic acid groups (broad SMARTS) is 1. The number of carbonyl (C=O) groups excluding carboxylic acids is 1. The minimum Gasteiger partial charge on any atom is -0.491 e. The quantitative estimate of drug-likeness (QED) is 0.375. The number of β-amino-alcohol motifs (C(OH)–C–C–N with tert-alkyl or cyclic N) is 1. The fraction of sp³-hybridized carbons (Fsp3) is 0.400. The summed E-state index contributed by atoms with van der Waals surface area (Å²) in [5.41, 5.74) is 1.19. The first kappa shape index (κ1) is 26.0. The zero-order chi connectivity index (χ0) is 25.7. The Balaban J connectivity index is 1.18. The standard InChI is InChI=1S/C25H29FN4O5S/c1-16-27-21-12-20(6-7-22(21)36-16)35-15-19(31)13-29-8-10-30(11-9-29)14-23(32)28-24(25(33)34)17-2-4-18(26)5-3-17/h2-7,12,19,24,31H,8-11,13-15H2,1H3,(H,28,32)(H,33,34)/t19-,24+/m1/s1. The molecule has 11 heteroatoms. The molecular formula is C25H29FN4O5S. The van der Waals surface area contributed by atoms with Crippen LogP contribution in [0.2, 0.25) is 0 Å². The van der Waals surface area contributed by atoms with Gasteiger partial charge in [0.25, 0.3) is 0 Å². The molecule has 0 bridgehead atoms. The normalized spacial score (nSPS) is 16.5. The molecule has 0 saturated carbocycles. The van der Waals surface area contributed by atoms with Crippen LogP contribution in [0.4, 0.5) is 4.39 Å². The van der Waals surface area contributed by atoms with E-state index < -0.39 is 29.8 Å². The monoisotopic (exact) mass is 516 g/mol. The van der Waals surface area contributed by atoms with Gasteiger partial charge in [-0.1, -0.05) is 12.1 Å². The van der Waals surface area contributed by atoms with E-state index in [0.29, 0.717) is 44.0 Å². The van der Waals surface area contributed by atoms with E-state index in [0.717, 1.165) is 27.4 Å². The SMILES string of the molecule is Cc1nc2cc(OC[C@H](O)CN3CCN(CC(=O)N[C@H](C(=O)O)c4ccc(F)cc4)CC3)ccc2s1. The molecule has 192 valence electrons. The van der Waals surface area contributed by atoms with E-state index in [1.807, 2.05) is 30.0 Å². The van der Waals surface area contributed by atoms with Gasteiger partial charge in [-0.05, 0) is 36.8 Å². The number of carbonyl (C=O) groups is 2. The second-order valence-electron chi connectivity index (χ2n) is 8.79. The average Bonchev–Trinajstić information content (AvgIpc) is 3.22. The molecule has 1 fully saturated rings. The van der Waals surface area contributed by atoms with Gasteiger partial charge in [-0.2, -0.15) is 0 Å². The maximum atomic E-state index is 13.1. The molecule has 4 rings (SSSR count). The van der Waals surface area contributed by atoms with Gasteiger partial charge in [-0.15, -0.1) is 11.3 Å². The summed E-state index contributed by atoms with van der Waals surface area (Å²) in [6.07, 6.45) is -0.667. The molecular weight excluding hydrogens is 487 g/mol. The highest BCUT2D eigenvalue weighted by molar-refractivity contribution is 7.18. The number of amides is 1. The molecule has 0 radical (unpaired) electrons. The van der Waals surface area contributed by atoms with Gasteiger partial charge in [0.15, 0.2) is 6.04 Å². The Bertz CT molecular complexity index is 1200. The largest absolute Gasteiger partial charge is 0.491 e. The van der Waals surface area contributed by atoms with Crippen molar-refractivity contribution in [2.75, 3.05) is 45.9 Å². The molecule has 36 heavy (non-hydrogen) atoms. The maximum Gasteiger partial charge on any atom is 0.330 e. The number of hydrogen-bond donors (Lipinski definition) is 3. The Hall–Kier alpha value is -3.12. The summed E-state index contributed by atoms with van der Waals surface area (Å²) in [5.74, 6) is -1.43. The number of benzene rings is 2. The number of carboxylic acids is 1. The van der Waals surface area contributed by atoms with Gasteiger partial charge < -0.3 is 20.3 Å². The third-order valence-electron chi connectivity index (χ3n) is 5.97. The second-order valence-corrected chi connectivity index (χ2v) is 10.0. The number of fused-ring (bicyclic) bond motifs is 1. The maximum absolute atomic E-state index is 13.1. The minimum absolute atomic E-state index is 0.0586. The van der Waals surface area contributed by atoms with Crippen molar-refractivity contribution in [3.05, 3.63) is 58.9 Å². The molecule has 3 aromatic rings. The second kappa shape index (κ2) is 11.7. The van der Waals surface area contributed by atoms with E-state index in [4.69, 9.17) is 4.74 Å². The number of aromatic nitrogens is 1. The number of halogens is 1. The van der Waals surface area contributed by atoms with E-state index in [9.17, 15) is 24.2 Å². The predicted molar refractivity (Wildman–Crippen MR) is 134 cm³/mol. The van der Waals surface area contributed by atoms with E-state index in [2.05, 4.69) is 15.2 Å². The van der Waals surface area contributed by atoms with Crippen molar-refractivity contribution >= 4 is 33.4 Å². The lowest BCUT2D eigenvalue weighted by molar-refractivity contribution is -0.142. The van der Waals surface area contributed by atoms with E-state index in [-0.39, 0.29) is 13.2 Å². The lowest BCUT2D eigenvalue weighted by atomic mass is 10.1. The van der Waals surface area contributed by atoms with E-state index in [1.165, 1.54) is 12.1 Å². The van der Waals surface area contributed by atoms with Gasteiger partial charge in [-0.25, -0.2) is 14.2 Å². The van der Waals surface area contributed by atoms with E-state index in [1.54, 1.807) is 11.3 Å². The summed E-state index contributed by atoms with van der Waals surface area (Å²) < 4.78 is 20.0. The molecule has 1 saturated heterocycles. The minimum atomic E-state index is -1.24. The first-order valence-corrected chi connectivity index (χ1v) is 12.5. The summed E-state index contributed by atoms with van der Waals surface area (Å²) in [5, 5.41) is 23.4. The van der Waals surface area contributed by atoms with Gasteiger partial charge in [-0.3, -0.25) is 14.6 Å². The van der Waals surface area contributed by atoms with Gasteiger partial charge in [0.05, 0.1) is 21.8 Å². The van der Waals surface area contributed by atoms with Crippen molar-refractivity contribution in [1.82, 2.24) is 20.1 Å². The van der Waals surface area contributed by atoms with E-state index >= 15 is 0 Å². The van der Waals surface area contributed by atoms with Crippen LogP contribution >= 0.6 is 11.3 Å². The number of thiazole rings is 1. The topological polar surface area (TPSA) is 115 Å². The number of nitrogens with zero attached hydrogens (tertiary/aromatic N) is 3. The van der Waals surface area contributed by atoms with Crippen molar-refractivity contribution in [3.8, 4) is 5.75 Å². The van der Waals surface area contributed by atoms with Crippen LogP contribution < -0.4 is 10.1 Å². The Kier molecular flexibility index (Phi) is 8.47. The Morgan fingerprint density at radius 1 is 1.14 bits per heavy atom. The van der Waals surface area contributed by atoms with Gasteiger partial charge in [0.1, 0.15) is 24.3 Å². The fourth-order valence-corrected chi connectivity index (χ4v) is 4.95. The fourth-order valence-electron chi connectivity index (χ4n) is 4.14. The number of aryl methyl sites for hydroxylation is 1. The summed E-state index contributed by atoms with van der Waals surface area (Å²) in [7, 11) is 0. The van der Waals surface area contributed by atoms with Gasteiger partial charge in [0, 0.05) is 38.8 Å². The zero-order valence-electron chi connectivity index (χ0n) is 19.9. The van der Waals surface area contributed by atoms with Crippen molar-refractivity contribution in [2.24, 2.45) is 0 Å². The molecule has 3 N–H and O–H groups in total. The molecule has 1 aromatic heterocycles. The smallest absolute Gasteiger partial charge is 0.330 e. The number of nitrogens with one attached hydrogen (secondary N) is 1. The van der Waals surface area contributed by atoms with Crippen LogP contribution in [0, 0.1) is 12.7 Å². The molecule has 0 aliphatic carbocycles. The molecule has 0 spiro atoms. The average molecular weight is 517 g/mol. The third kappa shape index (κ3) is 6.97. The van der Waals surface area contributed by atoms with Crippen LogP contribution in [0.1, 0.15) is 16.6 Å². The molecule has 0 unspecified atom stereocenters. The van der Waals surface area contributed by atoms with Gasteiger partial charge >= 0.3 is 5.97 Å². The number of aliphatic hydroxyl groups excluding tert-OH is 1. The third-order valence-corrected chi connectivity index (χ3v) is 6.92. The number of ether oxygens (including phenoxy) is 1. The lowest BCUT2D eigenvalue weighted by Gasteiger charge is -2.35. The van der Waals surface area contributed by atoms with Crippen LogP contribution in [-0.2, 0) is 9.59 Å². The van der Waals surface area contributed by atoms with Crippen LogP contribution in [0.3, 0.4) is 0 Å². The van der Waals surface area contributed by atoms with Crippen LogP contribution in [0.15, 0.2) is 42.5 Å². The summed E-state index contributed by atoms with van der Waals surface area (Å²) in [6, 6.07) is 9.50. The zero-order valence-corrected chi connectivity index (χ0v) is 20.7. The van der Waals surface area contributed by atoms with Crippen LogP contribution in [-0.4, -0.2) is 88.9 Å². The molecule has 1 aliphatic rings. The number of hydrogen-bond acceptors (Lipinski definition) is 8. The molecule has 2 aromatic carbocycles. The van der Waals surface area contributed by atoms with Crippen LogP contribution in [0.25, 0.3) is 10.2 Å². The Labute approximate surface area is 212 Å².